The van der Waals surface area contributed by atoms with Crippen molar-refractivity contribution >= 4 is 17.5 Å². The lowest BCUT2D eigenvalue weighted by Gasteiger charge is -2.55. The Balaban J connectivity index is 1.13. The van der Waals surface area contributed by atoms with Crippen LogP contribution in [0.2, 0.25) is 0 Å². The van der Waals surface area contributed by atoms with Crippen molar-refractivity contribution in [3.05, 3.63) is 46.6 Å². The highest BCUT2D eigenvalue weighted by Gasteiger charge is 2.56. The molecule has 0 spiro atoms. The molecule has 2 aliphatic carbocycles. The standard InChI is InChI=1S/C71H116O11/c1-24-55(78-63-35-70(21,22)67(54(20)76-63)80-62-32-40(6)44(10)52(18)75-62)33-60-48(14)46(12)50(16)71(23,82-60)51(17)61-31-39(5)38(4)25-26-56-41(7)30-57(65-59(73)34-58(72)64(56)65)66(81-69-49(15)45(11)47(13)53(19)77-69)42(8)28-36(2)27-37(3)29-43(9)68(74)79-61/h27-30,38-40,42,44-57,60-67,69H,24-26,31-35H2,1-23H3/b36-28+,37-27+,43-29+/t38-,39-,40+,42+,44-,45-,46-,47-,48+,49+,50+,51+,52+,53-,54-,55-,56?,57?,60+,61-,62-,63-,64?,65?,66-,67-,69-,71+/m0/s1. The van der Waals surface area contributed by atoms with Gasteiger partial charge in [0.05, 0.1) is 54.7 Å². The Kier molecular flexibility index (Phi) is 22.3. The Morgan fingerprint density at radius 1 is 0.646 bits per heavy atom. The van der Waals surface area contributed by atoms with E-state index < -0.39 is 30.0 Å². The molecule has 28 atom stereocenters. The summed E-state index contributed by atoms with van der Waals surface area (Å²) in [5, 5.41) is 0. The van der Waals surface area contributed by atoms with Gasteiger partial charge in [0.2, 0.25) is 0 Å². The largest absolute Gasteiger partial charge is 0.459 e. The average molecular weight is 1150 g/mol. The second kappa shape index (κ2) is 27.3. The van der Waals surface area contributed by atoms with Gasteiger partial charge in [0, 0.05) is 60.3 Å². The summed E-state index contributed by atoms with van der Waals surface area (Å²) in [4.78, 5) is 43.2. The average Bonchev–Trinajstić information content (AvgIpc) is 3.76. The molecule has 5 heterocycles. The topological polar surface area (TPSA) is 125 Å². The quantitative estimate of drug-likeness (QED) is 0.112. The van der Waals surface area contributed by atoms with Gasteiger partial charge >= 0.3 is 5.97 Å². The van der Waals surface area contributed by atoms with Crippen molar-refractivity contribution in [2.45, 2.75) is 284 Å². The summed E-state index contributed by atoms with van der Waals surface area (Å²) >= 11 is 0. The molecule has 82 heavy (non-hydrogen) atoms. The molecule has 7 rings (SSSR count). The summed E-state index contributed by atoms with van der Waals surface area (Å²) in [5.41, 5.74) is 2.82. The number of hydrogen-bond acceptors (Lipinski definition) is 11. The number of fused-ring (bicyclic) bond motifs is 5. The summed E-state index contributed by atoms with van der Waals surface area (Å²) in [6.07, 6.45) is 11.8. The van der Waals surface area contributed by atoms with E-state index in [9.17, 15) is 14.4 Å². The number of carbonyl (C=O) groups excluding carboxylic acids is 3. The van der Waals surface area contributed by atoms with Gasteiger partial charge in [-0.2, -0.15) is 0 Å². The Bertz CT molecular complexity index is 2320. The summed E-state index contributed by atoms with van der Waals surface area (Å²) in [6.45, 7) is 50.9. The normalized spacial score (nSPS) is 48.3. The zero-order valence-corrected chi connectivity index (χ0v) is 55.5. The molecule has 11 nitrogen and oxygen atoms in total. The lowest BCUT2D eigenvalue weighted by atomic mass is 9.63. The number of ketones is 2. The van der Waals surface area contributed by atoms with Crippen LogP contribution in [0, 0.1) is 100 Å². The van der Waals surface area contributed by atoms with Gasteiger partial charge in [-0.15, -0.1) is 0 Å². The summed E-state index contributed by atoms with van der Waals surface area (Å²) in [5.74, 6) is 1.39. The van der Waals surface area contributed by atoms with Crippen LogP contribution >= 0.6 is 0 Å². The number of esters is 1. The maximum Gasteiger partial charge on any atom is 0.334 e. The molecule has 4 saturated heterocycles. The first-order chi connectivity index (χ1) is 38.3. The molecule has 5 aliphatic heterocycles. The van der Waals surface area contributed by atoms with Crippen LogP contribution in [0.25, 0.3) is 0 Å². The Hall–Kier alpha value is -2.51. The van der Waals surface area contributed by atoms with Gasteiger partial charge in [0.15, 0.2) is 18.9 Å². The number of hydrogen-bond donors (Lipinski definition) is 0. The highest BCUT2D eigenvalue weighted by molar-refractivity contribution is 6.09. The van der Waals surface area contributed by atoms with Gasteiger partial charge in [0.25, 0.3) is 0 Å². The number of allylic oxidation sites excluding steroid dienone is 5. The molecule has 466 valence electrons. The predicted octanol–water partition coefficient (Wildman–Crippen LogP) is 15.7. The Morgan fingerprint density at radius 3 is 1.94 bits per heavy atom. The van der Waals surface area contributed by atoms with E-state index in [1.165, 1.54) is 5.57 Å². The van der Waals surface area contributed by atoms with E-state index in [4.69, 9.17) is 37.9 Å². The van der Waals surface area contributed by atoms with Crippen LogP contribution in [-0.2, 0) is 52.3 Å². The SMILES string of the molecule is CC[C@@H](C[C@H]1O[C@@](C)([C@H](C)[C@@H]2C[C@H](C)[C@@H](C)CCC3C(C)=CC(C4C(=O)CC(=O)C34)[C@@H](O[C@@H]3O[C@@H](C)[C@@H](C)[C@H](C)[C@H]3C)[C@H](C)/C=C(C)/C=C(C)/C=C(\C)C(=O)O2)[C@H](C)[C@@H](C)[C@H]1C)O[C@H]1CC(C)(C)[C@@H](O[C@H]2C[C@@H](C)[C@H](C)[C@@H](C)O2)[C@H](C)O1. The zero-order chi connectivity index (χ0) is 60.8. The molecule has 1 saturated carbocycles. The van der Waals surface area contributed by atoms with Gasteiger partial charge in [-0.3, -0.25) is 9.59 Å². The fourth-order valence-electron chi connectivity index (χ4n) is 16.4. The first-order valence-corrected chi connectivity index (χ1v) is 32.9. The van der Waals surface area contributed by atoms with Crippen LogP contribution in [0.4, 0.5) is 0 Å². The fraction of sp³-hybridized carbons (Fsp3) is 0.845. The molecular formula is C71H116O11. The molecular weight excluding hydrogens is 1030 g/mol. The second-order valence-corrected chi connectivity index (χ2v) is 29.7. The van der Waals surface area contributed by atoms with E-state index in [1.54, 1.807) is 0 Å². The van der Waals surface area contributed by atoms with Crippen LogP contribution in [-0.4, -0.2) is 90.8 Å². The van der Waals surface area contributed by atoms with E-state index in [-0.39, 0.29) is 138 Å². The van der Waals surface area contributed by atoms with Gasteiger partial charge < -0.3 is 37.9 Å². The minimum atomic E-state index is -0.637. The van der Waals surface area contributed by atoms with Crippen LogP contribution in [0.3, 0.4) is 0 Å². The molecule has 4 unspecified atom stereocenters. The molecule has 0 aromatic rings. The number of rotatable bonds is 11. The monoisotopic (exact) mass is 1140 g/mol. The van der Waals surface area contributed by atoms with Crippen LogP contribution in [0.1, 0.15) is 211 Å². The minimum absolute atomic E-state index is 0.0202. The van der Waals surface area contributed by atoms with E-state index >= 15 is 0 Å². The van der Waals surface area contributed by atoms with E-state index in [0.29, 0.717) is 48.0 Å². The molecule has 0 N–H and O–H groups in total. The van der Waals surface area contributed by atoms with Crippen LogP contribution in [0.5, 0.6) is 0 Å². The third kappa shape index (κ3) is 14.6. The predicted molar refractivity (Wildman–Crippen MR) is 326 cm³/mol. The third-order valence-corrected chi connectivity index (χ3v) is 23.6. The maximum atomic E-state index is 14.6. The number of cyclic esters (lactones) is 1. The van der Waals surface area contributed by atoms with Gasteiger partial charge in [-0.25, -0.2) is 4.79 Å². The fourth-order valence-corrected chi connectivity index (χ4v) is 16.4. The first kappa shape index (κ1) is 67.0. The lowest BCUT2D eigenvalue weighted by molar-refractivity contribution is -0.317. The molecule has 0 aromatic heterocycles. The van der Waals surface area contributed by atoms with Crippen molar-refractivity contribution in [3.8, 4) is 0 Å². The lowest BCUT2D eigenvalue weighted by Crippen LogP contribution is -2.59. The van der Waals surface area contributed by atoms with Crippen molar-refractivity contribution in [1.82, 2.24) is 0 Å². The Morgan fingerprint density at radius 2 is 1.29 bits per heavy atom. The number of carbonyl (C=O) groups is 3. The number of Topliss-reactive ketones (excluding diaryl/α,β-unsaturated/α-hetero) is 2. The third-order valence-electron chi connectivity index (χ3n) is 23.6. The van der Waals surface area contributed by atoms with Crippen LogP contribution < -0.4 is 0 Å². The Labute approximate surface area is 498 Å². The van der Waals surface area contributed by atoms with Crippen molar-refractivity contribution in [2.75, 3.05) is 0 Å². The van der Waals surface area contributed by atoms with Gasteiger partial charge in [-0.05, 0) is 152 Å². The molecule has 0 aromatic carbocycles. The van der Waals surface area contributed by atoms with Crippen molar-refractivity contribution in [2.24, 2.45) is 100 Å². The van der Waals surface area contributed by atoms with Gasteiger partial charge in [0.1, 0.15) is 17.7 Å². The van der Waals surface area contributed by atoms with Gasteiger partial charge in [-0.1, -0.05) is 139 Å². The van der Waals surface area contributed by atoms with Crippen LogP contribution in [0.15, 0.2) is 46.6 Å². The van der Waals surface area contributed by atoms with E-state index in [1.807, 2.05) is 19.9 Å². The summed E-state index contributed by atoms with van der Waals surface area (Å²) in [6, 6.07) is 0. The van der Waals surface area contributed by atoms with Crippen molar-refractivity contribution in [1.29, 1.82) is 0 Å². The zero-order valence-electron chi connectivity index (χ0n) is 55.5. The second-order valence-electron chi connectivity index (χ2n) is 29.7. The molecule has 0 amide bonds. The minimum Gasteiger partial charge on any atom is -0.459 e. The van der Waals surface area contributed by atoms with Crippen molar-refractivity contribution in [3.63, 3.8) is 0 Å². The molecule has 0 radical (unpaired) electrons. The highest BCUT2D eigenvalue weighted by atomic mass is 16.7. The summed E-state index contributed by atoms with van der Waals surface area (Å²) in [7, 11) is 0. The summed E-state index contributed by atoms with van der Waals surface area (Å²) < 4.78 is 55.1. The first-order valence-electron chi connectivity index (χ1n) is 32.9. The molecule has 7 aliphatic rings. The smallest absolute Gasteiger partial charge is 0.334 e. The molecule has 2 bridgehead atoms. The van der Waals surface area contributed by atoms with E-state index in [2.05, 4.69) is 164 Å². The number of ether oxygens (including phenoxy) is 8. The maximum absolute atomic E-state index is 14.6. The highest BCUT2D eigenvalue weighted by Crippen LogP contribution is 2.52. The molecule has 11 heteroatoms. The van der Waals surface area contributed by atoms with E-state index in [0.717, 1.165) is 43.3 Å². The van der Waals surface area contributed by atoms with Crippen molar-refractivity contribution < 1.29 is 52.3 Å². The molecule has 5 fully saturated rings.